The molecule has 0 bridgehead atoms. The van der Waals surface area contributed by atoms with Crippen molar-refractivity contribution in [2.45, 2.75) is 32.2 Å². The number of nitro benzene ring substituents is 1. The van der Waals surface area contributed by atoms with Crippen LogP contribution < -0.4 is 10.5 Å². The van der Waals surface area contributed by atoms with Crippen molar-refractivity contribution in [3.05, 3.63) is 33.3 Å². The van der Waals surface area contributed by atoms with Crippen LogP contribution in [0.25, 0.3) is 0 Å². The lowest BCUT2D eigenvalue weighted by Gasteiger charge is -2.38. The number of likely N-dealkylation sites (tertiary alicyclic amines) is 1. The van der Waals surface area contributed by atoms with Gasteiger partial charge in [0.15, 0.2) is 5.75 Å². The molecule has 1 heterocycles. The van der Waals surface area contributed by atoms with E-state index >= 15 is 0 Å². The average Bonchev–Trinajstić information content (AvgIpc) is 2.55. The van der Waals surface area contributed by atoms with Crippen LogP contribution >= 0.6 is 24.0 Å². The van der Waals surface area contributed by atoms with E-state index in [2.05, 4.69) is 6.92 Å². The van der Waals surface area contributed by atoms with Crippen LogP contribution in [0.3, 0.4) is 0 Å². The first kappa shape index (κ1) is 21.5. The van der Waals surface area contributed by atoms with Gasteiger partial charge in [0, 0.05) is 30.2 Å². The van der Waals surface area contributed by atoms with Crippen LogP contribution in [0.15, 0.2) is 18.2 Å². The Balaban J connectivity index is 0.00000312. The molecule has 1 aliphatic rings. The number of nitrogens with two attached hydrogens (primary N) is 1. The number of hydrogen-bond acceptors (Lipinski definition) is 5. The molecule has 2 unspecified atom stereocenters. The first-order valence-electron chi connectivity index (χ1n) is 7.98. The Labute approximate surface area is 158 Å². The van der Waals surface area contributed by atoms with Gasteiger partial charge in [-0.25, -0.2) is 0 Å². The van der Waals surface area contributed by atoms with Gasteiger partial charge >= 0.3 is 5.69 Å². The number of benzene rings is 1. The molecule has 2 atom stereocenters. The highest BCUT2D eigenvalue weighted by atomic mass is 35.5. The second kappa shape index (κ2) is 9.79. The normalized spacial score (nSPS) is 19.9. The predicted octanol–water partition coefficient (Wildman–Crippen LogP) is 3.02. The molecular formula is C16H23Cl2N3O4. The van der Waals surface area contributed by atoms with E-state index in [1.165, 1.54) is 18.2 Å². The zero-order valence-corrected chi connectivity index (χ0v) is 15.6. The molecule has 7 nitrogen and oxygen atoms in total. The van der Waals surface area contributed by atoms with E-state index in [-0.39, 0.29) is 53.8 Å². The number of ether oxygens (including phenoxy) is 1. The average molecular weight is 392 g/mol. The fourth-order valence-corrected chi connectivity index (χ4v) is 3.12. The molecule has 0 radical (unpaired) electrons. The Morgan fingerprint density at radius 3 is 2.88 bits per heavy atom. The number of hydrogen-bond donors (Lipinski definition) is 1. The molecule has 1 saturated heterocycles. The van der Waals surface area contributed by atoms with Crippen molar-refractivity contribution >= 4 is 35.6 Å². The Morgan fingerprint density at radius 1 is 1.52 bits per heavy atom. The number of amides is 1. The Kier molecular flexibility index (Phi) is 8.41. The first-order valence-corrected chi connectivity index (χ1v) is 8.36. The lowest BCUT2D eigenvalue weighted by Crippen LogP contribution is -2.49. The summed E-state index contributed by atoms with van der Waals surface area (Å²) in [6.45, 7) is 3.38. The zero-order chi connectivity index (χ0) is 17.7. The summed E-state index contributed by atoms with van der Waals surface area (Å²) < 4.78 is 5.43. The molecule has 1 aromatic rings. The molecule has 2 N–H and O–H groups in total. The summed E-state index contributed by atoms with van der Waals surface area (Å²) in [6, 6.07) is 4.25. The van der Waals surface area contributed by atoms with Crippen molar-refractivity contribution in [3.63, 3.8) is 0 Å². The molecule has 0 aromatic heterocycles. The first-order chi connectivity index (χ1) is 11.4. The standard InChI is InChI=1S/C16H22ClN3O4.ClH/c1-11-4-6-19(13(8-11)10-18)16(21)5-7-24-15-3-2-12(17)9-14(15)20(22)23;/h2-3,9,11,13H,4-8,10,18H2,1H3;1H. The van der Waals surface area contributed by atoms with Crippen LogP contribution in [0.2, 0.25) is 5.02 Å². The van der Waals surface area contributed by atoms with Gasteiger partial charge in [-0.1, -0.05) is 18.5 Å². The number of nitro groups is 1. The van der Waals surface area contributed by atoms with E-state index in [4.69, 9.17) is 22.1 Å². The molecule has 1 amide bonds. The van der Waals surface area contributed by atoms with Crippen molar-refractivity contribution in [1.82, 2.24) is 4.90 Å². The van der Waals surface area contributed by atoms with Gasteiger partial charge in [-0.05, 0) is 30.9 Å². The maximum atomic E-state index is 12.4. The highest BCUT2D eigenvalue weighted by Crippen LogP contribution is 2.30. The zero-order valence-electron chi connectivity index (χ0n) is 14.0. The lowest BCUT2D eigenvalue weighted by molar-refractivity contribution is -0.385. The third-order valence-electron chi connectivity index (χ3n) is 4.26. The molecule has 2 rings (SSSR count). The Morgan fingerprint density at radius 2 is 2.24 bits per heavy atom. The molecule has 25 heavy (non-hydrogen) atoms. The largest absolute Gasteiger partial charge is 0.486 e. The minimum atomic E-state index is -0.556. The molecule has 1 fully saturated rings. The molecule has 1 aliphatic heterocycles. The van der Waals surface area contributed by atoms with Crippen LogP contribution in [0.1, 0.15) is 26.2 Å². The van der Waals surface area contributed by atoms with Gasteiger partial charge in [0.2, 0.25) is 5.91 Å². The monoisotopic (exact) mass is 391 g/mol. The summed E-state index contributed by atoms with van der Waals surface area (Å²) in [5.41, 5.74) is 5.56. The minimum Gasteiger partial charge on any atom is -0.486 e. The van der Waals surface area contributed by atoms with Crippen molar-refractivity contribution in [2.75, 3.05) is 19.7 Å². The van der Waals surface area contributed by atoms with Gasteiger partial charge in [0.1, 0.15) is 0 Å². The second-order valence-corrected chi connectivity index (χ2v) is 6.51. The number of carbonyl (C=O) groups is 1. The predicted molar refractivity (Wildman–Crippen MR) is 98.4 cm³/mol. The molecule has 9 heteroatoms. The summed E-state index contributed by atoms with van der Waals surface area (Å²) in [6.07, 6.45) is 2.03. The number of piperidine rings is 1. The number of halogens is 2. The topological polar surface area (TPSA) is 98.7 Å². The lowest BCUT2D eigenvalue weighted by atomic mass is 9.92. The summed E-state index contributed by atoms with van der Waals surface area (Å²) >= 11 is 5.76. The van der Waals surface area contributed by atoms with Crippen LogP contribution in [0.4, 0.5) is 5.69 Å². The van der Waals surface area contributed by atoms with Gasteiger partial charge in [-0.3, -0.25) is 14.9 Å². The smallest absolute Gasteiger partial charge is 0.312 e. The van der Waals surface area contributed by atoms with Crippen molar-refractivity contribution < 1.29 is 14.5 Å². The fraction of sp³-hybridized carbons (Fsp3) is 0.562. The maximum absolute atomic E-state index is 12.4. The highest BCUT2D eigenvalue weighted by molar-refractivity contribution is 6.30. The van der Waals surface area contributed by atoms with E-state index in [0.717, 1.165) is 12.8 Å². The number of rotatable bonds is 6. The van der Waals surface area contributed by atoms with Crippen molar-refractivity contribution in [2.24, 2.45) is 11.7 Å². The van der Waals surface area contributed by atoms with Crippen LogP contribution in [0, 0.1) is 16.0 Å². The summed E-state index contributed by atoms with van der Waals surface area (Å²) in [7, 11) is 0. The fourth-order valence-electron chi connectivity index (χ4n) is 2.95. The Bertz CT molecular complexity index is 615. The summed E-state index contributed by atoms with van der Waals surface area (Å²) in [4.78, 5) is 24.6. The molecule has 140 valence electrons. The second-order valence-electron chi connectivity index (χ2n) is 6.07. The van der Waals surface area contributed by atoms with Gasteiger partial charge in [-0.2, -0.15) is 0 Å². The SMILES string of the molecule is CC1CCN(C(=O)CCOc2ccc(Cl)cc2[N+](=O)[O-])C(CN)C1.Cl. The van der Waals surface area contributed by atoms with Crippen LogP contribution in [-0.4, -0.2) is 41.5 Å². The third kappa shape index (κ3) is 5.73. The van der Waals surface area contributed by atoms with Gasteiger partial charge < -0.3 is 15.4 Å². The quantitative estimate of drug-likeness (QED) is 0.593. The van der Waals surface area contributed by atoms with E-state index < -0.39 is 4.92 Å². The van der Waals surface area contributed by atoms with E-state index in [1.54, 1.807) is 4.90 Å². The van der Waals surface area contributed by atoms with Crippen molar-refractivity contribution in [1.29, 1.82) is 0 Å². The maximum Gasteiger partial charge on any atom is 0.312 e. The van der Waals surface area contributed by atoms with Gasteiger partial charge in [0.05, 0.1) is 18.0 Å². The van der Waals surface area contributed by atoms with Gasteiger partial charge in [0.25, 0.3) is 0 Å². The van der Waals surface area contributed by atoms with Gasteiger partial charge in [-0.15, -0.1) is 12.4 Å². The molecular weight excluding hydrogens is 369 g/mol. The highest BCUT2D eigenvalue weighted by Gasteiger charge is 2.28. The van der Waals surface area contributed by atoms with Crippen molar-refractivity contribution in [3.8, 4) is 5.75 Å². The molecule has 0 saturated carbocycles. The third-order valence-corrected chi connectivity index (χ3v) is 4.50. The number of carbonyl (C=O) groups excluding carboxylic acids is 1. The number of nitrogens with zero attached hydrogens (tertiary/aromatic N) is 2. The minimum absolute atomic E-state index is 0. The van der Waals surface area contributed by atoms with E-state index in [1.807, 2.05) is 0 Å². The Hall–Kier alpha value is -1.57. The van der Waals surface area contributed by atoms with E-state index in [0.29, 0.717) is 19.0 Å². The molecule has 0 aliphatic carbocycles. The van der Waals surface area contributed by atoms with E-state index in [9.17, 15) is 14.9 Å². The molecule has 0 spiro atoms. The summed E-state index contributed by atoms with van der Waals surface area (Å²) in [5.74, 6) is 0.643. The van der Waals surface area contributed by atoms with Crippen LogP contribution in [-0.2, 0) is 4.79 Å². The summed E-state index contributed by atoms with van der Waals surface area (Å²) in [5, 5.41) is 11.3. The van der Waals surface area contributed by atoms with Crippen LogP contribution in [0.5, 0.6) is 5.75 Å². The molecule has 1 aromatic carbocycles.